The van der Waals surface area contributed by atoms with Crippen molar-refractivity contribution in [3.8, 4) is 0 Å². The molecule has 0 saturated heterocycles. The highest BCUT2D eigenvalue weighted by Gasteiger charge is 2.20. The number of hydrogen-bond donors (Lipinski definition) is 1. The average Bonchev–Trinajstić information content (AvgIpc) is 2.57. The summed E-state index contributed by atoms with van der Waals surface area (Å²) in [6.07, 6.45) is 0. The normalized spacial score (nSPS) is 20.4. The molecule has 0 amide bonds. The van der Waals surface area contributed by atoms with Gasteiger partial charge in [0.15, 0.2) is 0 Å². The van der Waals surface area contributed by atoms with Gasteiger partial charge in [-0.2, -0.15) is 0 Å². The molecule has 0 spiro atoms. The Kier molecular flexibility index (Phi) is 2.15. The van der Waals surface area contributed by atoms with E-state index in [1.807, 2.05) is 6.07 Å². The highest BCUT2D eigenvalue weighted by molar-refractivity contribution is 5.73. The fourth-order valence-corrected chi connectivity index (χ4v) is 1.69. The third-order valence-corrected chi connectivity index (χ3v) is 2.68. The van der Waals surface area contributed by atoms with E-state index < -0.39 is 0 Å². The standard InChI is InChI=1S/C11H14N2O/c1-7-4-3-5-9(8(7)2)10-6-14-11(12)13-10/h3-5,10H,6H2,1-2H3,(H2,12,13)/t10-/m1/s1. The van der Waals surface area contributed by atoms with Gasteiger partial charge in [-0.3, -0.25) is 0 Å². The van der Waals surface area contributed by atoms with Gasteiger partial charge in [0.05, 0.1) is 0 Å². The minimum atomic E-state index is 0.0786. The van der Waals surface area contributed by atoms with E-state index in [4.69, 9.17) is 10.5 Å². The first kappa shape index (κ1) is 9.06. The summed E-state index contributed by atoms with van der Waals surface area (Å²) in [5.74, 6) is 0. The molecule has 2 rings (SSSR count). The molecule has 0 aliphatic carbocycles. The van der Waals surface area contributed by atoms with Crippen molar-refractivity contribution < 1.29 is 4.74 Å². The van der Waals surface area contributed by atoms with Crippen LogP contribution in [0.5, 0.6) is 0 Å². The van der Waals surface area contributed by atoms with Gasteiger partial charge in [0, 0.05) is 0 Å². The van der Waals surface area contributed by atoms with Crippen LogP contribution in [0.3, 0.4) is 0 Å². The van der Waals surface area contributed by atoms with Crippen LogP contribution in [0.2, 0.25) is 0 Å². The zero-order chi connectivity index (χ0) is 10.1. The van der Waals surface area contributed by atoms with Crippen LogP contribution in [-0.4, -0.2) is 12.6 Å². The number of ether oxygens (including phenoxy) is 1. The Morgan fingerprint density at radius 1 is 1.43 bits per heavy atom. The number of amidine groups is 1. The first-order valence-electron chi connectivity index (χ1n) is 4.70. The summed E-state index contributed by atoms with van der Waals surface area (Å²) in [7, 11) is 0. The van der Waals surface area contributed by atoms with Crippen molar-refractivity contribution in [1.29, 1.82) is 0 Å². The zero-order valence-electron chi connectivity index (χ0n) is 8.45. The van der Waals surface area contributed by atoms with E-state index in [0.29, 0.717) is 12.6 Å². The lowest BCUT2D eigenvalue weighted by atomic mass is 9.98. The predicted octanol–water partition coefficient (Wildman–Crippen LogP) is 1.69. The van der Waals surface area contributed by atoms with Crippen molar-refractivity contribution >= 4 is 6.02 Å². The number of aliphatic imine (C=N–C) groups is 1. The van der Waals surface area contributed by atoms with E-state index in [0.717, 1.165) is 0 Å². The van der Waals surface area contributed by atoms with E-state index in [2.05, 4.69) is 31.0 Å². The molecule has 2 N–H and O–H groups in total. The third kappa shape index (κ3) is 1.45. The Labute approximate surface area is 83.6 Å². The lowest BCUT2D eigenvalue weighted by Crippen LogP contribution is -2.10. The predicted molar refractivity (Wildman–Crippen MR) is 56.2 cm³/mol. The molecule has 1 aromatic rings. The third-order valence-electron chi connectivity index (χ3n) is 2.68. The average molecular weight is 190 g/mol. The quantitative estimate of drug-likeness (QED) is 0.732. The van der Waals surface area contributed by atoms with Crippen LogP contribution in [-0.2, 0) is 4.74 Å². The number of rotatable bonds is 1. The number of nitrogens with two attached hydrogens (primary N) is 1. The van der Waals surface area contributed by atoms with Gasteiger partial charge in [0.25, 0.3) is 6.02 Å². The molecule has 1 aliphatic heterocycles. The van der Waals surface area contributed by atoms with Crippen LogP contribution in [0.15, 0.2) is 23.2 Å². The minimum Gasteiger partial charge on any atom is -0.463 e. The smallest absolute Gasteiger partial charge is 0.282 e. The summed E-state index contributed by atoms with van der Waals surface area (Å²) in [6, 6.07) is 6.60. The molecule has 1 aromatic carbocycles. The SMILES string of the molecule is Cc1cccc([C@H]2COC(N)=N2)c1C. The molecular formula is C11H14N2O. The fraction of sp³-hybridized carbons (Fsp3) is 0.364. The van der Waals surface area contributed by atoms with E-state index in [1.165, 1.54) is 16.7 Å². The minimum absolute atomic E-state index is 0.0786. The molecule has 0 bridgehead atoms. The van der Waals surface area contributed by atoms with E-state index in [-0.39, 0.29) is 6.04 Å². The van der Waals surface area contributed by atoms with Gasteiger partial charge in [-0.15, -0.1) is 0 Å². The van der Waals surface area contributed by atoms with Gasteiger partial charge in [-0.25, -0.2) is 4.99 Å². The number of nitrogens with zero attached hydrogens (tertiary/aromatic N) is 1. The Morgan fingerprint density at radius 3 is 2.86 bits per heavy atom. The Bertz CT molecular complexity index is 385. The largest absolute Gasteiger partial charge is 0.463 e. The molecule has 0 saturated carbocycles. The second-order valence-electron chi connectivity index (χ2n) is 3.58. The monoisotopic (exact) mass is 190 g/mol. The molecule has 3 heteroatoms. The van der Waals surface area contributed by atoms with Crippen molar-refractivity contribution in [2.45, 2.75) is 19.9 Å². The van der Waals surface area contributed by atoms with Crippen LogP contribution in [0.1, 0.15) is 22.7 Å². The molecule has 0 fully saturated rings. The maximum absolute atomic E-state index is 5.48. The summed E-state index contributed by atoms with van der Waals surface area (Å²) < 4.78 is 5.14. The van der Waals surface area contributed by atoms with Crippen LogP contribution in [0.25, 0.3) is 0 Å². The molecule has 74 valence electrons. The second-order valence-corrected chi connectivity index (χ2v) is 3.58. The summed E-state index contributed by atoms with van der Waals surface area (Å²) in [4.78, 5) is 4.23. The van der Waals surface area contributed by atoms with Crippen molar-refractivity contribution in [1.82, 2.24) is 0 Å². The number of hydrogen-bond acceptors (Lipinski definition) is 3. The first-order valence-corrected chi connectivity index (χ1v) is 4.70. The number of benzene rings is 1. The summed E-state index contributed by atoms with van der Waals surface area (Å²) in [5, 5.41) is 0. The van der Waals surface area contributed by atoms with E-state index >= 15 is 0 Å². The maximum Gasteiger partial charge on any atom is 0.282 e. The van der Waals surface area contributed by atoms with E-state index in [1.54, 1.807) is 0 Å². The summed E-state index contributed by atoms with van der Waals surface area (Å²) in [5.41, 5.74) is 9.25. The topological polar surface area (TPSA) is 47.6 Å². The molecule has 1 aliphatic rings. The lowest BCUT2D eigenvalue weighted by Gasteiger charge is -2.10. The summed E-state index contributed by atoms with van der Waals surface area (Å²) >= 11 is 0. The van der Waals surface area contributed by atoms with Crippen LogP contribution in [0, 0.1) is 13.8 Å². The van der Waals surface area contributed by atoms with Gasteiger partial charge in [-0.05, 0) is 30.5 Å². The van der Waals surface area contributed by atoms with Crippen molar-refractivity contribution in [2.24, 2.45) is 10.7 Å². The van der Waals surface area contributed by atoms with Gasteiger partial charge in [0.2, 0.25) is 0 Å². The second kappa shape index (κ2) is 3.33. The first-order chi connectivity index (χ1) is 6.68. The van der Waals surface area contributed by atoms with Crippen LogP contribution < -0.4 is 5.73 Å². The maximum atomic E-state index is 5.48. The zero-order valence-corrected chi connectivity index (χ0v) is 8.45. The Morgan fingerprint density at radius 2 is 2.21 bits per heavy atom. The molecule has 1 heterocycles. The Hall–Kier alpha value is -1.51. The molecule has 3 nitrogen and oxygen atoms in total. The van der Waals surface area contributed by atoms with Gasteiger partial charge >= 0.3 is 0 Å². The Balaban J connectivity index is 2.37. The van der Waals surface area contributed by atoms with Gasteiger partial charge < -0.3 is 10.5 Å². The molecular weight excluding hydrogens is 176 g/mol. The molecule has 0 unspecified atom stereocenters. The van der Waals surface area contributed by atoms with Gasteiger partial charge in [0.1, 0.15) is 12.6 Å². The van der Waals surface area contributed by atoms with Crippen molar-refractivity contribution in [3.05, 3.63) is 34.9 Å². The summed E-state index contributed by atoms with van der Waals surface area (Å²) in [6.45, 7) is 4.77. The number of aryl methyl sites for hydroxylation is 1. The van der Waals surface area contributed by atoms with E-state index in [9.17, 15) is 0 Å². The van der Waals surface area contributed by atoms with Crippen molar-refractivity contribution in [3.63, 3.8) is 0 Å². The van der Waals surface area contributed by atoms with Crippen molar-refractivity contribution in [2.75, 3.05) is 6.61 Å². The lowest BCUT2D eigenvalue weighted by molar-refractivity contribution is 0.314. The molecule has 14 heavy (non-hydrogen) atoms. The molecule has 0 radical (unpaired) electrons. The highest BCUT2D eigenvalue weighted by Crippen LogP contribution is 2.26. The molecule has 0 aromatic heterocycles. The highest BCUT2D eigenvalue weighted by atomic mass is 16.5. The molecule has 1 atom stereocenters. The van der Waals surface area contributed by atoms with Crippen LogP contribution >= 0.6 is 0 Å². The van der Waals surface area contributed by atoms with Gasteiger partial charge in [-0.1, -0.05) is 18.2 Å². The van der Waals surface area contributed by atoms with Crippen LogP contribution in [0.4, 0.5) is 0 Å². The fourth-order valence-electron chi connectivity index (χ4n) is 1.69.